The quantitative estimate of drug-likeness (QED) is 0.726. The number of ether oxygens (including phenoxy) is 2. The summed E-state index contributed by atoms with van der Waals surface area (Å²) in [4.78, 5) is 43.5. The largest absolute Gasteiger partial charge is 0.442 e. The fraction of sp³-hybridized carbons (Fsp3) is 0.300. The van der Waals surface area contributed by atoms with Gasteiger partial charge in [0, 0.05) is 17.9 Å². The second kappa shape index (κ2) is 8.68. The lowest BCUT2D eigenvalue weighted by Gasteiger charge is -2.27. The predicted molar refractivity (Wildman–Crippen MR) is 109 cm³/mol. The molecule has 10 heteroatoms. The van der Waals surface area contributed by atoms with Gasteiger partial charge in [-0.05, 0) is 36.4 Å². The maximum absolute atomic E-state index is 12.3. The van der Waals surface area contributed by atoms with E-state index in [4.69, 9.17) is 21.1 Å². The van der Waals surface area contributed by atoms with E-state index in [1.165, 1.54) is 4.90 Å². The predicted octanol–water partition coefficient (Wildman–Crippen LogP) is 1.85. The second-order valence-corrected chi connectivity index (χ2v) is 7.17. The molecule has 2 aromatic rings. The molecule has 1 N–H and O–H groups in total. The first-order valence-electron chi connectivity index (χ1n) is 9.38. The number of amides is 3. The first kappa shape index (κ1) is 20.1. The van der Waals surface area contributed by atoms with Crippen molar-refractivity contribution in [2.24, 2.45) is 0 Å². The Balaban J connectivity index is 1.35. The molecular weight excluding hydrogens is 412 g/mol. The van der Waals surface area contributed by atoms with Crippen LogP contribution in [-0.4, -0.2) is 61.8 Å². The summed E-state index contributed by atoms with van der Waals surface area (Å²) in [6.45, 7) is 1.49. The van der Waals surface area contributed by atoms with Crippen LogP contribution >= 0.6 is 11.6 Å². The summed E-state index contributed by atoms with van der Waals surface area (Å²) >= 11 is 5.80. The second-order valence-electron chi connectivity index (χ2n) is 6.79. The Hall–Kier alpha value is -3.17. The Morgan fingerprint density at radius 2 is 1.87 bits per heavy atom. The molecule has 2 saturated heterocycles. The third-order valence-corrected chi connectivity index (χ3v) is 4.98. The highest BCUT2D eigenvalue weighted by molar-refractivity contribution is 6.29. The van der Waals surface area contributed by atoms with Crippen molar-refractivity contribution in [2.45, 2.75) is 6.10 Å². The maximum Gasteiger partial charge on any atom is 0.414 e. The molecule has 156 valence electrons. The van der Waals surface area contributed by atoms with Crippen LogP contribution < -0.4 is 15.1 Å². The number of nitrogens with zero attached hydrogens (tertiary/aromatic N) is 3. The maximum atomic E-state index is 12.3. The third-order valence-electron chi connectivity index (χ3n) is 4.77. The topological polar surface area (TPSA) is 101 Å². The normalized spacial score (nSPS) is 19.0. The molecule has 1 aromatic heterocycles. The number of hydrogen-bond acceptors (Lipinski definition) is 6. The van der Waals surface area contributed by atoms with Crippen molar-refractivity contribution in [3.63, 3.8) is 0 Å². The van der Waals surface area contributed by atoms with E-state index in [0.29, 0.717) is 18.8 Å². The molecule has 0 bridgehead atoms. The van der Waals surface area contributed by atoms with Crippen molar-refractivity contribution in [2.75, 3.05) is 42.6 Å². The third kappa shape index (κ3) is 4.37. The molecule has 0 aliphatic carbocycles. The molecule has 2 fully saturated rings. The molecule has 9 nitrogen and oxygen atoms in total. The highest BCUT2D eigenvalue weighted by Crippen LogP contribution is 2.25. The highest BCUT2D eigenvalue weighted by Gasteiger charge is 2.33. The van der Waals surface area contributed by atoms with Gasteiger partial charge in [0.1, 0.15) is 23.6 Å². The number of rotatable bonds is 5. The zero-order valence-electron chi connectivity index (χ0n) is 15.9. The van der Waals surface area contributed by atoms with Crippen LogP contribution in [0.4, 0.5) is 16.2 Å². The SMILES string of the molecule is O=C(NC[C@H]1CN(c2ccc(N3CCOCC3=O)cc2)C(=O)O1)c1cccc(Cl)n1. The average Bonchev–Trinajstić information content (AvgIpc) is 3.13. The van der Waals surface area contributed by atoms with E-state index in [2.05, 4.69) is 10.3 Å². The fourth-order valence-corrected chi connectivity index (χ4v) is 3.44. The molecule has 3 amide bonds. The zero-order valence-corrected chi connectivity index (χ0v) is 16.7. The van der Waals surface area contributed by atoms with Crippen LogP contribution in [0.3, 0.4) is 0 Å². The lowest BCUT2D eigenvalue weighted by Crippen LogP contribution is -2.41. The van der Waals surface area contributed by atoms with Gasteiger partial charge in [-0.3, -0.25) is 14.5 Å². The molecule has 1 aromatic carbocycles. The van der Waals surface area contributed by atoms with Crippen molar-refractivity contribution < 1.29 is 23.9 Å². The summed E-state index contributed by atoms with van der Waals surface area (Å²) in [7, 11) is 0. The number of morpholine rings is 1. The van der Waals surface area contributed by atoms with Crippen LogP contribution in [0.5, 0.6) is 0 Å². The van der Waals surface area contributed by atoms with Gasteiger partial charge in [0.25, 0.3) is 11.8 Å². The van der Waals surface area contributed by atoms with E-state index in [9.17, 15) is 14.4 Å². The van der Waals surface area contributed by atoms with E-state index < -0.39 is 18.1 Å². The van der Waals surface area contributed by atoms with E-state index in [1.807, 2.05) is 0 Å². The Labute approximate surface area is 177 Å². The molecule has 2 aliphatic rings. The summed E-state index contributed by atoms with van der Waals surface area (Å²) in [5, 5.41) is 2.92. The van der Waals surface area contributed by atoms with E-state index in [-0.39, 0.29) is 36.5 Å². The first-order chi connectivity index (χ1) is 14.5. The standard InChI is InChI=1S/C20H19ClN4O5/c21-17-3-1-2-16(23-17)19(27)22-10-15-11-25(20(28)30-15)14-6-4-13(5-7-14)24-8-9-29-12-18(24)26/h1-7,15H,8-12H2,(H,22,27)/t15-/m0/s1. The van der Waals surface area contributed by atoms with E-state index in [1.54, 1.807) is 47.4 Å². The van der Waals surface area contributed by atoms with E-state index >= 15 is 0 Å². The van der Waals surface area contributed by atoms with Crippen LogP contribution in [0.1, 0.15) is 10.5 Å². The van der Waals surface area contributed by atoms with Gasteiger partial charge in [-0.2, -0.15) is 0 Å². The molecular formula is C20H19ClN4O5. The minimum Gasteiger partial charge on any atom is -0.442 e. The molecule has 0 radical (unpaired) electrons. The van der Waals surface area contributed by atoms with Gasteiger partial charge >= 0.3 is 6.09 Å². The zero-order chi connectivity index (χ0) is 21.1. The Bertz CT molecular complexity index is 968. The Morgan fingerprint density at radius 3 is 2.57 bits per heavy atom. The number of aromatic nitrogens is 1. The minimum atomic E-state index is -0.499. The van der Waals surface area contributed by atoms with Crippen LogP contribution in [0.2, 0.25) is 5.15 Å². The van der Waals surface area contributed by atoms with Crippen LogP contribution in [0.25, 0.3) is 0 Å². The lowest BCUT2D eigenvalue weighted by molar-refractivity contribution is -0.125. The van der Waals surface area contributed by atoms with Crippen LogP contribution in [0, 0.1) is 0 Å². The summed E-state index contributed by atoms with van der Waals surface area (Å²) in [6.07, 6.45) is -0.994. The number of carbonyl (C=O) groups is 3. The van der Waals surface area contributed by atoms with Gasteiger partial charge < -0.3 is 19.7 Å². The highest BCUT2D eigenvalue weighted by atomic mass is 35.5. The summed E-state index contributed by atoms with van der Waals surface area (Å²) in [5.41, 5.74) is 1.59. The average molecular weight is 431 g/mol. The molecule has 1 atom stereocenters. The van der Waals surface area contributed by atoms with Gasteiger partial charge in [0.2, 0.25) is 0 Å². The molecule has 0 saturated carbocycles. The number of benzene rings is 1. The van der Waals surface area contributed by atoms with Crippen molar-refractivity contribution in [1.82, 2.24) is 10.3 Å². The van der Waals surface area contributed by atoms with Crippen LogP contribution in [-0.2, 0) is 14.3 Å². The van der Waals surface area contributed by atoms with Gasteiger partial charge in [0.05, 0.1) is 19.7 Å². The van der Waals surface area contributed by atoms with Crippen molar-refractivity contribution in [1.29, 1.82) is 0 Å². The molecule has 2 aliphatic heterocycles. The number of nitrogens with one attached hydrogen (secondary N) is 1. The molecule has 0 unspecified atom stereocenters. The number of pyridine rings is 1. The number of halogens is 1. The van der Waals surface area contributed by atoms with Crippen LogP contribution in [0.15, 0.2) is 42.5 Å². The molecule has 0 spiro atoms. The number of hydrogen-bond donors (Lipinski definition) is 1. The molecule has 4 rings (SSSR count). The van der Waals surface area contributed by atoms with E-state index in [0.717, 1.165) is 5.69 Å². The van der Waals surface area contributed by atoms with Crippen molar-refractivity contribution >= 4 is 40.9 Å². The Morgan fingerprint density at radius 1 is 1.13 bits per heavy atom. The minimum absolute atomic E-state index is 0.0678. The summed E-state index contributed by atoms with van der Waals surface area (Å²) in [6, 6.07) is 11.9. The monoisotopic (exact) mass is 430 g/mol. The van der Waals surface area contributed by atoms with Gasteiger partial charge in [-0.15, -0.1) is 0 Å². The number of carbonyl (C=O) groups excluding carboxylic acids is 3. The smallest absolute Gasteiger partial charge is 0.414 e. The lowest BCUT2D eigenvalue weighted by atomic mass is 10.2. The molecule has 30 heavy (non-hydrogen) atoms. The van der Waals surface area contributed by atoms with Gasteiger partial charge in [-0.1, -0.05) is 17.7 Å². The number of cyclic esters (lactones) is 1. The summed E-state index contributed by atoms with van der Waals surface area (Å²) < 4.78 is 10.5. The number of anilines is 2. The van der Waals surface area contributed by atoms with Gasteiger partial charge in [-0.25, -0.2) is 9.78 Å². The first-order valence-corrected chi connectivity index (χ1v) is 9.76. The fourth-order valence-electron chi connectivity index (χ4n) is 3.27. The Kier molecular flexibility index (Phi) is 5.82. The van der Waals surface area contributed by atoms with Gasteiger partial charge in [0.15, 0.2) is 0 Å². The van der Waals surface area contributed by atoms with Crippen molar-refractivity contribution in [3.05, 3.63) is 53.3 Å². The summed E-state index contributed by atoms with van der Waals surface area (Å²) in [5.74, 6) is -0.494. The van der Waals surface area contributed by atoms with Crippen molar-refractivity contribution in [3.8, 4) is 0 Å². The molecule has 3 heterocycles.